The molecule has 2 aliphatic rings. The van der Waals surface area contributed by atoms with Crippen LogP contribution in [-0.4, -0.2) is 35.6 Å². The Hall–Kier alpha value is -2.96. The molecule has 5 rings (SSSR count). The van der Waals surface area contributed by atoms with Crippen LogP contribution < -0.4 is 10.2 Å². The molecule has 0 aliphatic carbocycles. The predicted octanol–water partition coefficient (Wildman–Crippen LogP) is 5.97. The fourth-order valence-electron chi connectivity index (χ4n) is 4.42. The van der Waals surface area contributed by atoms with Gasteiger partial charge in [-0.15, -0.1) is 11.8 Å². The van der Waals surface area contributed by atoms with Crippen molar-refractivity contribution >= 4 is 46.6 Å². The van der Waals surface area contributed by atoms with Gasteiger partial charge in [-0.1, -0.05) is 35.9 Å². The molecule has 0 radical (unpaired) electrons. The van der Waals surface area contributed by atoms with Crippen LogP contribution in [-0.2, 0) is 11.3 Å². The van der Waals surface area contributed by atoms with E-state index in [9.17, 15) is 9.59 Å². The van der Waals surface area contributed by atoms with Crippen molar-refractivity contribution in [2.75, 3.05) is 29.1 Å². The number of nitrogens with zero attached hydrogens (tertiary/aromatic N) is 2. The average Bonchev–Trinajstić information content (AvgIpc) is 3.52. The van der Waals surface area contributed by atoms with E-state index in [0.29, 0.717) is 22.9 Å². The lowest BCUT2D eigenvalue weighted by molar-refractivity contribution is -0.128. The molecule has 5 nitrogen and oxygen atoms in total. The van der Waals surface area contributed by atoms with E-state index in [1.54, 1.807) is 11.8 Å². The summed E-state index contributed by atoms with van der Waals surface area (Å²) in [6.07, 6.45) is 2.47. The smallest absolute Gasteiger partial charge is 0.255 e. The Kier molecular flexibility index (Phi) is 6.79. The first-order chi connectivity index (χ1) is 16.6. The van der Waals surface area contributed by atoms with Gasteiger partial charge in [0.1, 0.15) is 5.37 Å². The summed E-state index contributed by atoms with van der Waals surface area (Å²) in [5.41, 5.74) is 4.62. The minimum absolute atomic E-state index is 0.0709. The van der Waals surface area contributed by atoms with Crippen molar-refractivity contribution < 1.29 is 9.59 Å². The van der Waals surface area contributed by atoms with E-state index in [0.717, 1.165) is 29.9 Å². The molecule has 1 atom stereocenters. The van der Waals surface area contributed by atoms with Gasteiger partial charge in [-0.2, -0.15) is 0 Å². The van der Waals surface area contributed by atoms with Gasteiger partial charge in [0.15, 0.2) is 0 Å². The van der Waals surface area contributed by atoms with Crippen molar-refractivity contribution in [2.45, 2.75) is 24.8 Å². The van der Waals surface area contributed by atoms with Gasteiger partial charge in [0.25, 0.3) is 5.91 Å². The van der Waals surface area contributed by atoms with E-state index in [4.69, 9.17) is 11.6 Å². The van der Waals surface area contributed by atoms with E-state index in [1.807, 2.05) is 65.6 Å². The van der Waals surface area contributed by atoms with Gasteiger partial charge in [0, 0.05) is 41.6 Å². The van der Waals surface area contributed by atoms with Gasteiger partial charge in [-0.3, -0.25) is 9.59 Å². The van der Waals surface area contributed by atoms with Crippen LogP contribution in [0.2, 0.25) is 5.02 Å². The molecule has 0 aromatic heterocycles. The summed E-state index contributed by atoms with van der Waals surface area (Å²) >= 11 is 7.60. The monoisotopic (exact) mass is 491 g/mol. The lowest BCUT2D eigenvalue weighted by Crippen LogP contribution is -2.27. The number of anilines is 2. The lowest BCUT2D eigenvalue weighted by atomic mass is 10.1. The van der Waals surface area contributed by atoms with Crippen LogP contribution in [0.15, 0.2) is 72.8 Å². The molecule has 2 saturated heterocycles. The summed E-state index contributed by atoms with van der Waals surface area (Å²) in [4.78, 5) is 29.5. The maximum Gasteiger partial charge on any atom is 0.255 e. The van der Waals surface area contributed by atoms with Crippen LogP contribution in [0.1, 0.15) is 39.7 Å². The molecule has 2 aliphatic heterocycles. The summed E-state index contributed by atoms with van der Waals surface area (Å²) in [6, 6.07) is 23.1. The van der Waals surface area contributed by atoms with E-state index in [-0.39, 0.29) is 17.2 Å². The van der Waals surface area contributed by atoms with E-state index in [1.165, 1.54) is 18.5 Å². The van der Waals surface area contributed by atoms with E-state index >= 15 is 0 Å². The fraction of sp³-hybridized carbons (Fsp3) is 0.259. The predicted molar refractivity (Wildman–Crippen MR) is 139 cm³/mol. The number of thioether (sulfide) groups is 1. The Morgan fingerprint density at radius 1 is 0.941 bits per heavy atom. The second-order valence-corrected chi connectivity index (χ2v) is 10.1. The standard InChI is InChI=1S/C27H26ClN3O2S/c28-22-9-3-19(4-10-22)17-31-25(32)18-34-27(31)21-7-5-20(6-8-21)26(33)29-23-11-13-24(14-12-23)30-15-1-2-16-30/h3-14,27H,1-2,15-18H2,(H,29,33). The Bertz CT molecular complexity index is 1160. The molecule has 2 fully saturated rings. The van der Waals surface area contributed by atoms with Crippen molar-refractivity contribution in [3.63, 3.8) is 0 Å². The molecule has 0 bridgehead atoms. The van der Waals surface area contributed by atoms with Crippen molar-refractivity contribution in [1.29, 1.82) is 0 Å². The highest BCUT2D eigenvalue weighted by atomic mass is 35.5. The van der Waals surface area contributed by atoms with Crippen molar-refractivity contribution in [1.82, 2.24) is 4.90 Å². The molecule has 0 spiro atoms. The summed E-state index contributed by atoms with van der Waals surface area (Å²) < 4.78 is 0. The minimum atomic E-state index is -0.145. The zero-order chi connectivity index (χ0) is 23.5. The summed E-state index contributed by atoms with van der Waals surface area (Å²) in [7, 11) is 0. The van der Waals surface area contributed by atoms with Crippen molar-refractivity contribution in [2.24, 2.45) is 0 Å². The molecule has 174 valence electrons. The highest BCUT2D eigenvalue weighted by molar-refractivity contribution is 8.00. The molecular weight excluding hydrogens is 466 g/mol. The number of rotatable bonds is 6. The first kappa shape index (κ1) is 22.8. The number of carbonyl (C=O) groups is 2. The highest BCUT2D eigenvalue weighted by Crippen LogP contribution is 2.39. The molecule has 3 aromatic carbocycles. The third-order valence-corrected chi connectivity index (χ3v) is 7.80. The van der Waals surface area contributed by atoms with Gasteiger partial charge in [-0.25, -0.2) is 0 Å². The fourth-order valence-corrected chi connectivity index (χ4v) is 5.73. The van der Waals surface area contributed by atoms with Crippen LogP contribution >= 0.6 is 23.4 Å². The second kappa shape index (κ2) is 10.1. The molecule has 3 aromatic rings. The third kappa shape index (κ3) is 5.08. The van der Waals surface area contributed by atoms with Crippen molar-refractivity contribution in [3.05, 3.63) is 94.5 Å². The molecule has 2 heterocycles. The maximum atomic E-state index is 12.8. The first-order valence-corrected chi connectivity index (χ1v) is 12.9. The summed E-state index contributed by atoms with van der Waals surface area (Å²) in [5, 5.41) is 3.59. The normalized spacial score (nSPS) is 17.9. The Morgan fingerprint density at radius 3 is 2.29 bits per heavy atom. The third-order valence-electron chi connectivity index (χ3n) is 6.29. The number of benzene rings is 3. The molecule has 2 amide bonds. The number of carbonyl (C=O) groups excluding carboxylic acids is 2. The molecule has 1 N–H and O–H groups in total. The first-order valence-electron chi connectivity index (χ1n) is 11.5. The van der Waals surface area contributed by atoms with E-state index in [2.05, 4.69) is 22.3 Å². The number of halogens is 1. The van der Waals surface area contributed by atoms with Gasteiger partial charge in [0.05, 0.1) is 5.75 Å². The van der Waals surface area contributed by atoms with Crippen LogP contribution in [0.25, 0.3) is 0 Å². The van der Waals surface area contributed by atoms with Gasteiger partial charge in [-0.05, 0) is 72.5 Å². The molecule has 7 heteroatoms. The van der Waals surface area contributed by atoms with Crippen LogP contribution in [0.4, 0.5) is 11.4 Å². The average molecular weight is 492 g/mol. The summed E-state index contributed by atoms with van der Waals surface area (Å²) in [5.74, 6) is 0.422. The van der Waals surface area contributed by atoms with Gasteiger partial charge in [0.2, 0.25) is 5.91 Å². The SMILES string of the molecule is O=C(Nc1ccc(N2CCCC2)cc1)c1ccc(C2SCC(=O)N2Cc2ccc(Cl)cc2)cc1. The topological polar surface area (TPSA) is 52.7 Å². The number of hydrogen-bond acceptors (Lipinski definition) is 4. The number of nitrogens with one attached hydrogen (secondary N) is 1. The summed E-state index contributed by atoms with van der Waals surface area (Å²) in [6.45, 7) is 2.73. The molecule has 0 saturated carbocycles. The van der Waals surface area contributed by atoms with Crippen LogP contribution in [0.5, 0.6) is 0 Å². The molecule has 34 heavy (non-hydrogen) atoms. The molecular formula is C27H26ClN3O2S. The van der Waals surface area contributed by atoms with Gasteiger partial charge < -0.3 is 15.1 Å². The Balaban J connectivity index is 1.24. The lowest BCUT2D eigenvalue weighted by Gasteiger charge is -2.24. The molecule has 1 unspecified atom stereocenters. The largest absolute Gasteiger partial charge is 0.372 e. The van der Waals surface area contributed by atoms with Crippen LogP contribution in [0, 0.1) is 0 Å². The number of amides is 2. The zero-order valence-corrected chi connectivity index (χ0v) is 20.3. The Morgan fingerprint density at radius 2 is 1.62 bits per heavy atom. The van der Waals surface area contributed by atoms with Gasteiger partial charge >= 0.3 is 0 Å². The quantitative estimate of drug-likeness (QED) is 0.461. The van der Waals surface area contributed by atoms with Crippen molar-refractivity contribution in [3.8, 4) is 0 Å². The van der Waals surface area contributed by atoms with Crippen LogP contribution in [0.3, 0.4) is 0 Å². The Labute approximate surface area is 209 Å². The van der Waals surface area contributed by atoms with E-state index < -0.39 is 0 Å². The second-order valence-electron chi connectivity index (χ2n) is 8.63. The zero-order valence-electron chi connectivity index (χ0n) is 18.7. The maximum absolute atomic E-state index is 12.8. The minimum Gasteiger partial charge on any atom is -0.372 e. The highest BCUT2D eigenvalue weighted by Gasteiger charge is 2.32. The number of hydrogen-bond donors (Lipinski definition) is 1.